The first-order chi connectivity index (χ1) is 8.60. The van der Waals surface area contributed by atoms with Crippen LogP contribution in [0.25, 0.3) is 0 Å². The van der Waals surface area contributed by atoms with Crippen molar-refractivity contribution in [3.8, 4) is 0 Å². The van der Waals surface area contributed by atoms with Crippen LogP contribution in [0.2, 0.25) is 0 Å². The van der Waals surface area contributed by atoms with Crippen molar-refractivity contribution in [1.29, 1.82) is 0 Å². The average Bonchev–Trinajstić information content (AvgIpc) is 2.38. The standard InChI is InChI=1S/C14H22N2O2/c1-4-16(12-7-5-11(2)6-8-12)14(17)13(15)9-10-18-3/h5-8,13H,4,9-10,15H2,1-3H3. The summed E-state index contributed by atoms with van der Waals surface area (Å²) in [6.07, 6.45) is 0.539. The van der Waals surface area contributed by atoms with Crippen LogP contribution in [0.4, 0.5) is 5.69 Å². The van der Waals surface area contributed by atoms with Crippen molar-refractivity contribution in [1.82, 2.24) is 0 Å². The Kier molecular flexibility index (Phi) is 5.82. The minimum atomic E-state index is -0.508. The number of rotatable bonds is 6. The first-order valence-electron chi connectivity index (χ1n) is 6.22. The number of ether oxygens (including phenoxy) is 1. The predicted molar refractivity (Wildman–Crippen MR) is 73.7 cm³/mol. The Morgan fingerprint density at radius 2 is 2.00 bits per heavy atom. The van der Waals surface area contributed by atoms with Crippen molar-refractivity contribution in [3.63, 3.8) is 0 Å². The van der Waals surface area contributed by atoms with E-state index in [2.05, 4.69) is 0 Å². The van der Waals surface area contributed by atoms with E-state index in [4.69, 9.17) is 10.5 Å². The third-order valence-electron chi connectivity index (χ3n) is 2.88. The van der Waals surface area contributed by atoms with Gasteiger partial charge in [0, 0.05) is 25.9 Å². The molecule has 4 nitrogen and oxygen atoms in total. The number of methoxy groups -OCH3 is 1. The van der Waals surface area contributed by atoms with Gasteiger partial charge in [0.2, 0.25) is 5.91 Å². The van der Waals surface area contributed by atoms with Gasteiger partial charge < -0.3 is 15.4 Å². The van der Waals surface area contributed by atoms with Gasteiger partial charge in [-0.25, -0.2) is 0 Å². The van der Waals surface area contributed by atoms with E-state index in [1.165, 1.54) is 5.56 Å². The van der Waals surface area contributed by atoms with Crippen LogP contribution in [-0.2, 0) is 9.53 Å². The minimum absolute atomic E-state index is 0.0570. The second-order valence-electron chi connectivity index (χ2n) is 4.31. The Labute approximate surface area is 109 Å². The van der Waals surface area contributed by atoms with Gasteiger partial charge in [-0.05, 0) is 32.4 Å². The summed E-state index contributed by atoms with van der Waals surface area (Å²) < 4.78 is 4.95. The fraction of sp³-hybridized carbons (Fsp3) is 0.500. The highest BCUT2D eigenvalue weighted by atomic mass is 16.5. The highest BCUT2D eigenvalue weighted by molar-refractivity contribution is 5.96. The van der Waals surface area contributed by atoms with E-state index in [0.29, 0.717) is 19.6 Å². The molecule has 0 aromatic heterocycles. The van der Waals surface area contributed by atoms with E-state index in [1.54, 1.807) is 12.0 Å². The lowest BCUT2D eigenvalue weighted by Gasteiger charge is -2.24. The Morgan fingerprint density at radius 3 is 2.50 bits per heavy atom. The smallest absolute Gasteiger partial charge is 0.243 e. The number of carbonyl (C=O) groups excluding carboxylic acids is 1. The molecule has 1 atom stereocenters. The topological polar surface area (TPSA) is 55.6 Å². The first kappa shape index (κ1) is 14.7. The van der Waals surface area contributed by atoms with Gasteiger partial charge in [-0.2, -0.15) is 0 Å². The molecular formula is C14H22N2O2. The van der Waals surface area contributed by atoms with Crippen LogP contribution >= 0.6 is 0 Å². The lowest BCUT2D eigenvalue weighted by atomic mass is 10.1. The van der Waals surface area contributed by atoms with Gasteiger partial charge in [-0.1, -0.05) is 17.7 Å². The third kappa shape index (κ3) is 3.82. The molecule has 1 aromatic carbocycles. The van der Waals surface area contributed by atoms with Gasteiger partial charge in [0.05, 0.1) is 6.04 Å². The number of hydrogen-bond donors (Lipinski definition) is 1. The number of nitrogens with zero attached hydrogens (tertiary/aromatic N) is 1. The van der Waals surface area contributed by atoms with Crippen LogP contribution in [0.15, 0.2) is 24.3 Å². The van der Waals surface area contributed by atoms with Crippen LogP contribution in [0.5, 0.6) is 0 Å². The molecule has 1 aromatic rings. The molecule has 0 aliphatic rings. The maximum atomic E-state index is 12.2. The number of nitrogens with two attached hydrogens (primary N) is 1. The van der Waals surface area contributed by atoms with E-state index >= 15 is 0 Å². The molecule has 0 saturated heterocycles. The summed E-state index contributed by atoms with van der Waals surface area (Å²) in [6.45, 7) is 5.08. The molecule has 4 heteroatoms. The number of hydrogen-bond acceptors (Lipinski definition) is 3. The Morgan fingerprint density at radius 1 is 1.39 bits per heavy atom. The summed E-state index contributed by atoms with van der Waals surface area (Å²) in [4.78, 5) is 13.9. The summed E-state index contributed by atoms with van der Waals surface area (Å²) in [5.41, 5.74) is 7.94. The van der Waals surface area contributed by atoms with Crippen molar-refractivity contribution in [2.45, 2.75) is 26.3 Å². The van der Waals surface area contributed by atoms with E-state index in [-0.39, 0.29) is 5.91 Å². The predicted octanol–water partition coefficient (Wildman–Crippen LogP) is 1.71. The molecule has 18 heavy (non-hydrogen) atoms. The zero-order valence-corrected chi connectivity index (χ0v) is 11.3. The molecule has 0 saturated carbocycles. The number of carbonyl (C=O) groups is 1. The van der Waals surface area contributed by atoms with Gasteiger partial charge in [0.1, 0.15) is 0 Å². The van der Waals surface area contributed by atoms with Crippen LogP contribution in [-0.4, -0.2) is 32.2 Å². The molecule has 0 fully saturated rings. The molecule has 0 aliphatic carbocycles. The molecule has 1 unspecified atom stereocenters. The molecule has 0 bridgehead atoms. The fourth-order valence-electron chi connectivity index (χ4n) is 1.76. The summed E-state index contributed by atoms with van der Waals surface area (Å²) in [6, 6.07) is 7.36. The fourth-order valence-corrected chi connectivity index (χ4v) is 1.76. The average molecular weight is 250 g/mol. The van der Waals surface area contributed by atoms with E-state index < -0.39 is 6.04 Å². The van der Waals surface area contributed by atoms with Gasteiger partial charge in [0.25, 0.3) is 0 Å². The lowest BCUT2D eigenvalue weighted by Crippen LogP contribution is -2.44. The maximum Gasteiger partial charge on any atom is 0.243 e. The minimum Gasteiger partial charge on any atom is -0.385 e. The molecule has 0 heterocycles. The van der Waals surface area contributed by atoms with E-state index in [1.807, 2.05) is 38.1 Å². The summed E-state index contributed by atoms with van der Waals surface area (Å²) >= 11 is 0. The molecule has 2 N–H and O–H groups in total. The molecule has 0 spiro atoms. The van der Waals surface area contributed by atoms with Crippen molar-refractivity contribution in [3.05, 3.63) is 29.8 Å². The number of likely N-dealkylation sites (N-methyl/N-ethyl adjacent to an activating group) is 1. The lowest BCUT2D eigenvalue weighted by molar-refractivity contribution is -0.120. The van der Waals surface area contributed by atoms with Gasteiger partial charge in [-0.15, -0.1) is 0 Å². The quantitative estimate of drug-likeness (QED) is 0.836. The van der Waals surface area contributed by atoms with Crippen molar-refractivity contribution in [2.24, 2.45) is 5.73 Å². The van der Waals surface area contributed by atoms with Crippen molar-refractivity contribution in [2.75, 3.05) is 25.2 Å². The summed E-state index contributed by atoms with van der Waals surface area (Å²) in [7, 11) is 1.61. The summed E-state index contributed by atoms with van der Waals surface area (Å²) in [5.74, 6) is -0.0570. The maximum absolute atomic E-state index is 12.2. The van der Waals surface area contributed by atoms with Gasteiger partial charge in [-0.3, -0.25) is 4.79 Å². The van der Waals surface area contributed by atoms with Crippen molar-refractivity contribution < 1.29 is 9.53 Å². The second kappa shape index (κ2) is 7.13. The highest BCUT2D eigenvalue weighted by Crippen LogP contribution is 2.16. The van der Waals surface area contributed by atoms with Crippen molar-refractivity contribution >= 4 is 11.6 Å². The SMILES string of the molecule is CCN(C(=O)C(N)CCOC)c1ccc(C)cc1. The van der Waals surface area contributed by atoms with Crippen LogP contribution < -0.4 is 10.6 Å². The van der Waals surface area contributed by atoms with E-state index in [9.17, 15) is 4.79 Å². The van der Waals surface area contributed by atoms with Gasteiger partial charge >= 0.3 is 0 Å². The number of anilines is 1. The number of aryl methyl sites for hydroxylation is 1. The number of amides is 1. The van der Waals surface area contributed by atoms with Crippen LogP contribution in [0, 0.1) is 6.92 Å². The molecule has 0 aliphatic heterocycles. The molecule has 1 rings (SSSR count). The van der Waals surface area contributed by atoms with E-state index in [0.717, 1.165) is 5.69 Å². The monoisotopic (exact) mass is 250 g/mol. The molecule has 1 amide bonds. The number of benzene rings is 1. The van der Waals surface area contributed by atoms with Crippen LogP contribution in [0.1, 0.15) is 18.9 Å². The zero-order valence-electron chi connectivity index (χ0n) is 11.3. The second-order valence-corrected chi connectivity index (χ2v) is 4.31. The Hall–Kier alpha value is -1.39. The molecular weight excluding hydrogens is 228 g/mol. The normalized spacial score (nSPS) is 12.2. The largest absolute Gasteiger partial charge is 0.385 e. The highest BCUT2D eigenvalue weighted by Gasteiger charge is 2.20. The summed E-state index contributed by atoms with van der Waals surface area (Å²) in [5, 5.41) is 0. The zero-order chi connectivity index (χ0) is 13.5. The third-order valence-corrected chi connectivity index (χ3v) is 2.88. The Bertz CT molecular complexity index is 376. The van der Waals surface area contributed by atoms with Crippen LogP contribution in [0.3, 0.4) is 0 Å². The van der Waals surface area contributed by atoms with Gasteiger partial charge in [0.15, 0.2) is 0 Å². The first-order valence-corrected chi connectivity index (χ1v) is 6.22. The molecule has 0 radical (unpaired) electrons. The Balaban J connectivity index is 2.76. The molecule has 100 valence electrons.